The van der Waals surface area contributed by atoms with Crippen LogP contribution in [0, 0.1) is 0 Å². The Bertz CT molecular complexity index is 345. The molecule has 1 aliphatic heterocycles. The third-order valence-electron chi connectivity index (χ3n) is 2.19. The minimum atomic E-state index is -3.09. The van der Waals surface area contributed by atoms with Crippen LogP contribution in [0.3, 0.4) is 0 Å². The summed E-state index contributed by atoms with van der Waals surface area (Å²) in [5.41, 5.74) is 0. The highest BCUT2D eigenvalue weighted by Gasteiger charge is 2.31. The monoisotopic (exact) mass is 234 g/mol. The fourth-order valence-corrected chi connectivity index (χ4v) is 1.33. The second-order valence-electron chi connectivity index (χ2n) is 3.70. The summed E-state index contributed by atoms with van der Waals surface area (Å²) < 4.78 is 40.6. The highest BCUT2D eigenvalue weighted by Crippen LogP contribution is 2.23. The van der Waals surface area contributed by atoms with E-state index in [-0.39, 0.29) is 18.6 Å². The smallest absolute Gasteiger partial charge is 0.307 e. The molecule has 1 unspecified atom stereocenters. The number of hydrogen-bond acceptors (Lipinski definition) is 5. The lowest BCUT2D eigenvalue weighted by Gasteiger charge is -2.06. The van der Waals surface area contributed by atoms with Crippen molar-refractivity contribution in [2.75, 3.05) is 13.2 Å². The Morgan fingerprint density at radius 3 is 2.94 bits per heavy atom. The van der Waals surface area contributed by atoms with Crippen LogP contribution >= 0.6 is 0 Å². The predicted octanol–water partition coefficient (Wildman–Crippen LogP) is 1.49. The first-order valence-corrected chi connectivity index (χ1v) is 4.96. The van der Waals surface area contributed by atoms with Crippen LogP contribution in [0.25, 0.3) is 0 Å². The Labute approximate surface area is 90.7 Å². The number of alkyl halides is 2. The van der Waals surface area contributed by atoms with E-state index in [0.717, 1.165) is 6.42 Å². The normalized spacial score (nSPS) is 21.6. The molecule has 16 heavy (non-hydrogen) atoms. The lowest BCUT2D eigenvalue weighted by Crippen LogP contribution is -2.12. The zero-order valence-corrected chi connectivity index (χ0v) is 8.78. The molecule has 0 spiro atoms. The Hall–Kier alpha value is -1.08. The van der Waals surface area contributed by atoms with E-state index in [4.69, 9.17) is 9.47 Å². The highest BCUT2D eigenvalue weighted by atomic mass is 19.3. The summed E-state index contributed by atoms with van der Waals surface area (Å²) >= 11 is 0. The van der Waals surface area contributed by atoms with Gasteiger partial charge in [0.15, 0.2) is 0 Å². The number of rotatable bonds is 4. The summed E-state index contributed by atoms with van der Waals surface area (Å²) in [5, 5.41) is 3.19. The van der Waals surface area contributed by atoms with Crippen molar-refractivity contribution < 1.29 is 22.8 Å². The van der Waals surface area contributed by atoms with Gasteiger partial charge in [-0.3, -0.25) is 0 Å². The number of aromatic nitrogens is 2. The van der Waals surface area contributed by atoms with Crippen molar-refractivity contribution in [3.63, 3.8) is 0 Å². The fraction of sp³-hybridized carbons (Fsp3) is 0.778. The first kappa shape index (κ1) is 11.4. The van der Waals surface area contributed by atoms with E-state index < -0.39 is 11.7 Å². The Morgan fingerprint density at radius 2 is 2.38 bits per heavy atom. The number of nitrogens with zero attached hydrogens (tertiary/aromatic N) is 2. The van der Waals surface area contributed by atoms with Gasteiger partial charge in [-0.1, -0.05) is 5.16 Å². The standard InChI is InChI=1S/C9H12F2N2O3/c1-9(10,11)8-12-7(16-13-8)5-15-6-2-3-14-4-6/h6H,2-5H2,1H3. The minimum Gasteiger partial charge on any atom is -0.379 e. The van der Waals surface area contributed by atoms with Crippen molar-refractivity contribution >= 4 is 0 Å². The number of ether oxygens (including phenoxy) is 2. The molecule has 5 nitrogen and oxygen atoms in total. The molecule has 0 radical (unpaired) electrons. The van der Waals surface area contributed by atoms with Crippen molar-refractivity contribution in [3.8, 4) is 0 Å². The van der Waals surface area contributed by atoms with Gasteiger partial charge in [0.1, 0.15) is 6.61 Å². The average Bonchev–Trinajstić information content (AvgIpc) is 2.85. The van der Waals surface area contributed by atoms with E-state index in [1.165, 1.54) is 0 Å². The van der Waals surface area contributed by atoms with Crippen molar-refractivity contribution in [2.24, 2.45) is 0 Å². The molecule has 2 rings (SSSR count). The maximum absolute atomic E-state index is 12.8. The van der Waals surface area contributed by atoms with Gasteiger partial charge in [-0.15, -0.1) is 0 Å². The quantitative estimate of drug-likeness (QED) is 0.789. The maximum atomic E-state index is 12.8. The second-order valence-corrected chi connectivity index (χ2v) is 3.70. The number of halogens is 2. The first-order chi connectivity index (χ1) is 7.55. The van der Waals surface area contributed by atoms with Gasteiger partial charge in [0.2, 0.25) is 5.82 Å². The minimum absolute atomic E-state index is 0.0162. The topological polar surface area (TPSA) is 57.4 Å². The molecule has 7 heteroatoms. The Kier molecular flexibility index (Phi) is 3.15. The van der Waals surface area contributed by atoms with Gasteiger partial charge in [0.25, 0.3) is 5.89 Å². The first-order valence-electron chi connectivity index (χ1n) is 4.96. The van der Waals surface area contributed by atoms with E-state index in [1.807, 2.05) is 0 Å². The van der Waals surface area contributed by atoms with E-state index in [2.05, 4.69) is 14.7 Å². The van der Waals surface area contributed by atoms with Crippen LogP contribution in [0.15, 0.2) is 4.52 Å². The molecule has 1 atom stereocenters. The molecular weight excluding hydrogens is 222 g/mol. The van der Waals surface area contributed by atoms with Gasteiger partial charge in [-0.05, 0) is 6.42 Å². The van der Waals surface area contributed by atoms with E-state index in [1.54, 1.807) is 0 Å². The molecule has 0 amide bonds. The third-order valence-corrected chi connectivity index (χ3v) is 2.19. The van der Waals surface area contributed by atoms with Crippen LogP contribution < -0.4 is 0 Å². The van der Waals surface area contributed by atoms with Gasteiger partial charge in [-0.2, -0.15) is 13.8 Å². The van der Waals surface area contributed by atoms with Crippen molar-refractivity contribution in [3.05, 3.63) is 11.7 Å². The van der Waals surface area contributed by atoms with Crippen LogP contribution in [0.4, 0.5) is 8.78 Å². The zero-order valence-electron chi connectivity index (χ0n) is 8.78. The summed E-state index contributed by atoms with van der Waals surface area (Å²) in [5.74, 6) is -3.64. The molecule has 1 saturated heterocycles. The van der Waals surface area contributed by atoms with E-state index in [0.29, 0.717) is 20.1 Å². The molecule has 1 aromatic rings. The van der Waals surface area contributed by atoms with Crippen molar-refractivity contribution in [2.45, 2.75) is 32.0 Å². The molecule has 0 bridgehead atoms. The molecule has 1 fully saturated rings. The summed E-state index contributed by atoms with van der Waals surface area (Å²) in [7, 11) is 0. The van der Waals surface area contributed by atoms with Gasteiger partial charge in [-0.25, -0.2) is 0 Å². The third kappa shape index (κ3) is 2.73. The van der Waals surface area contributed by atoms with Gasteiger partial charge in [0.05, 0.1) is 12.7 Å². The Morgan fingerprint density at radius 1 is 1.56 bits per heavy atom. The van der Waals surface area contributed by atoms with Crippen LogP contribution in [0.5, 0.6) is 0 Å². The van der Waals surface area contributed by atoms with E-state index >= 15 is 0 Å². The summed E-state index contributed by atoms with van der Waals surface area (Å²) in [6.45, 7) is 1.93. The van der Waals surface area contributed by atoms with Crippen LogP contribution in [0.2, 0.25) is 0 Å². The zero-order chi connectivity index (χ0) is 11.6. The fourth-order valence-electron chi connectivity index (χ4n) is 1.33. The van der Waals surface area contributed by atoms with Crippen molar-refractivity contribution in [1.29, 1.82) is 0 Å². The molecule has 1 aromatic heterocycles. The van der Waals surface area contributed by atoms with Gasteiger partial charge < -0.3 is 14.0 Å². The van der Waals surface area contributed by atoms with Crippen LogP contribution in [0.1, 0.15) is 25.1 Å². The Balaban J connectivity index is 1.87. The molecule has 0 N–H and O–H groups in total. The van der Waals surface area contributed by atoms with Gasteiger partial charge in [0, 0.05) is 13.5 Å². The number of hydrogen-bond donors (Lipinski definition) is 0. The molecule has 0 aliphatic carbocycles. The maximum Gasteiger partial charge on any atom is 0.307 e. The predicted molar refractivity (Wildman–Crippen MR) is 47.9 cm³/mol. The summed E-state index contributed by atoms with van der Waals surface area (Å²) in [4.78, 5) is 3.55. The van der Waals surface area contributed by atoms with Crippen molar-refractivity contribution in [1.82, 2.24) is 10.1 Å². The molecule has 90 valence electrons. The van der Waals surface area contributed by atoms with Crippen LogP contribution in [-0.4, -0.2) is 29.5 Å². The molecule has 2 heterocycles. The molecular formula is C9H12F2N2O3. The van der Waals surface area contributed by atoms with Gasteiger partial charge >= 0.3 is 5.92 Å². The van der Waals surface area contributed by atoms with E-state index in [9.17, 15) is 8.78 Å². The summed E-state index contributed by atoms with van der Waals surface area (Å²) in [6.07, 6.45) is 0.780. The molecule has 0 saturated carbocycles. The average molecular weight is 234 g/mol. The highest BCUT2D eigenvalue weighted by molar-refractivity contribution is 4.92. The second kappa shape index (κ2) is 4.42. The summed E-state index contributed by atoms with van der Waals surface area (Å²) in [6, 6.07) is 0. The largest absolute Gasteiger partial charge is 0.379 e. The lowest BCUT2D eigenvalue weighted by molar-refractivity contribution is 0.00556. The SMILES string of the molecule is CC(F)(F)c1noc(COC2CCOC2)n1. The molecule has 1 aliphatic rings. The molecule has 0 aromatic carbocycles. The lowest BCUT2D eigenvalue weighted by atomic mass is 10.3. The van der Waals surface area contributed by atoms with Crippen LogP contribution in [-0.2, 0) is 22.0 Å².